The lowest BCUT2D eigenvalue weighted by Crippen LogP contribution is -2.37. The number of hydrogen-bond acceptors (Lipinski definition) is 3. The van der Waals surface area contributed by atoms with Crippen LogP contribution in [0.4, 0.5) is 0 Å². The Hall–Kier alpha value is -1.59. The highest BCUT2D eigenvalue weighted by Crippen LogP contribution is 2.25. The lowest BCUT2D eigenvalue weighted by molar-refractivity contribution is -0.131. The number of amides is 3. The highest BCUT2D eigenvalue weighted by Gasteiger charge is 2.18. The first-order valence-corrected chi connectivity index (χ1v) is 8.96. The van der Waals surface area contributed by atoms with Crippen molar-refractivity contribution in [1.29, 1.82) is 0 Å². The molecular weight excluding hydrogens is 294 g/mol. The third kappa shape index (κ3) is 6.59. The molecule has 0 atom stereocenters. The van der Waals surface area contributed by atoms with Crippen molar-refractivity contribution >= 4 is 17.7 Å². The third-order valence-corrected chi connectivity index (χ3v) is 4.77. The van der Waals surface area contributed by atoms with Gasteiger partial charge in [-0.1, -0.05) is 12.8 Å². The lowest BCUT2D eigenvalue weighted by atomic mass is 9.85. The van der Waals surface area contributed by atoms with Gasteiger partial charge in [0.25, 0.3) is 0 Å². The zero-order valence-corrected chi connectivity index (χ0v) is 13.9. The molecule has 6 nitrogen and oxygen atoms in total. The van der Waals surface area contributed by atoms with Crippen LogP contribution in [0, 0.1) is 5.92 Å². The van der Waals surface area contributed by atoms with Gasteiger partial charge in [-0.05, 0) is 31.6 Å². The van der Waals surface area contributed by atoms with Crippen LogP contribution in [0.15, 0.2) is 0 Å². The first-order valence-electron chi connectivity index (χ1n) is 8.96. The van der Waals surface area contributed by atoms with E-state index < -0.39 is 0 Å². The SMILES string of the molecule is O=C(CCN1CCCCCC1=O)NCCC(=O)NCC1CCC1. The maximum atomic E-state index is 11.8. The molecule has 0 aromatic rings. The van der Waals surface area contributed by atoms with Crippen LogP contribution in [0.5, 0.6) is 0 Å². The number of nitrogens with one attached hydrogen (secondary N) is 2. The number of nitrogens with zero attached hydrogens (tertiary/aromatic N) is 1. The summed E-state index contributed by atoms with van der Waals surface area (Å²) < 4.78 is 0. The Balaban J connectivity index is 1.52. The minimum absolute atomic E-state index is 0.0000964. The average molecular weight is 323 g/mol. The van der Waals surface area contributed by atoms with Crippen molar-refractivity contribution in [1.82, 2.24) is 15.5 Å². The fraction of sp³-hybridized carbons (Fsp3) is 0.824. The van der Waals surface area contributed by atoms with Crippen molar-refractivity contribution in [3.63, 3.8) is 0 Å². The Bertz CT molecular complexity index is 421. The second-order valence-corrected chi connectivity index (χ2v) is 6.64. The Morgan fingerprint density at radius 2 is 1.78 bits per heavy atom. The van der Waals surface area contributed by atoms with Gasteiger partial charge in [-0.3, -0.25) is 14.4 Å². The topological polar surface area (TPSA) is 78.5 Å². The fourth-order valence-corrected chi connectivity index (χ4v) is 2.96. The molecule has 0 radical (unpaired) electrons. The van der Waals surface area contributed by atoms with E-state index in [-0.39, 0.29) is 17.7 Å². The predicted octanol–water partition coefficient (Wildman–Crippen LogP) is 1.20. The molecule has 1 heterocycles. The second-order valence-electron chi connectivity index (χ2n) is 6.64. The van der Waals surface area contributed by atoms with Crippen LogP contribution in [0.2, 0.25) is 0 Å². The highest BCUT2D eigenvalue weighted by atomic mass is 16.2. The van der Waals surface area contributed by atoms with Gasteiger partial charge in [-0.2, -0.15) is 0 Å². The van der Waals surface area contributed by atoms with Crippen molar-refractivity contribution in [2.24, 2.45) is 5.92 Å². The molecule has 0 aromatic heterocycles. The normalized spacial score (nSPS) is 19.0. The molecule has 2 fully saturated rings. The molecule has 2 rings (SSSR count). The van der Waals surface area contributed by atoms with Gasteiger partial charge < -0.3 is 15.5 Å². The molecule has 0 aromatic carbocycles. The summed E-state index contributed by atoms with van der Waals surface area (Å²) in [6.45, 7) is 2.38. The van der Waals surface area contributed by atoms with Gasteiger partial charge in [0.05, 0.1) is 0 Å². The molecule has 130 valence electrons. The largest absolute Gasteiger partial charge is 0.356 e. The van der Waals surface area contributed by atoms with E-state index in [4.69, 9.17) is 0 Å². The molecule has 0 unspecified atom stereocenters. The lowest BCUT2D eigenvalue weighted by Gasteiger charge is -2.25. The van der Waals surface area contributed by atoms with E-state index in [9.17, 15) is 14.4 Å². The molecule has 1 aliphatic heterocycles. The van der Waals surface area contributed by atoms with Crippen LogP contribution in [0.1, 0.15) is 57.8 Å². The monoisotopic (exact) mass is 323 g/mol. The first-order chi connectivity index (χ1) is 11.1. The molecule has 0 bridgehead atoms. The Morgan fingerprint density at radius 3 is 2.52 bits per heavy atom. The molecular formula is C17H29N3O3. The number of hydrogen-bond donors (Lipinski definition) is 2. The van der Waals surface area contributed by atoms with Crippen LogP contribution in [-0.2, 0) is 14.4 Å². The molecule has 3 amide bonds. The Labute approximate surface area is 138 Å². The molecule has 1 aliphatic carbocycles. The van der Waals surface area contributed by atoms with E-state index in [0.717, 1.165) is 32.4 Å². The van der Waals surface area contributed by atoms with E-state index in [1.54, 1.807) is 4.90 Å². The number of rotatable bonds is 8. The summed E-state index contributed by atoms with van der Waals surface area (Å²) in [7, 11) is 0. The third-order valence-electron chi connectivity index (χ3n) is 4.77. The maximum Gasteiger partial charge on any atom is 0.222 e. The van der Waals surface area contributed by atoms with Gasteiger partial charge in [0.2, 0.25) is 17.7 Å². The van der Waals surface area contributed by atoms with Crippen LogP contribution in [0.3, 0.4) is 0 Å². The second kappa shape index (κ2) is 9.53. The summed E-state index contributed by atoms with van der Waals surface area (Å²) in [5, 5.41) is 5.67. The van der Waals surface area contributed by atoms with Crippen molar-refractivity contribution in [3.8, 4) is 0 Å². The van der Waals surface area contributed by atoms with Crippen molar-refractivity contribution in [2.45, 2.75) is 57.8 Å². The van der Waals surface area contributed by atoms with Crippen LogP contribution >= 0.6 is 0 Å². The molecule has 1 saturated carbocycles. The molecule has 6 heteroatoms. The van der Waals surface area contributed by atoms with Crippen LogP contribution in [0.25, 0.3) is 0 Å². The van der Waals surface area contributed by atoms with Crippen molar-refractivity contribution in [2.75, 3.05) is 26.2 Å². The molecule has 2 N–H and O–H groups in total. The summed E-state index contributed by atoms with van der Waals surface area (Å²) in [5.41, 5.74) is 0. The van der Waals surface area contributed by atoms with Crippen LogP contribution in [-0.4, -0.2) is 48.8 Å². The van der Waals surface area contributed by atoms with Gasteiger partial charge in [-0.25, -0.2) is 0 Å². The molecule has 1 saturated heterocycles. The zero-order valence-electron chi connectivity index (χ0n) is 13.9. The maximum absolute atomic E-state index is 11.8. The highest BCUT2D eigenvalue weighted by molar-refractivity contribution is 5.80. The minimum Gasteiger partial charge on any atom is -0.356 e. The van der Waals surface area contributed by atoms with Gasteiger partial charge >= 0.3 is 0 Å². The first kappa shape index (κ1) is 17.8. The summed E-state index contributed by atoms with van der Waals surface area (Å²) in [5.74, 6) is 0.721. The summed E-state index contributed by atoms with van der Waals surface area (Å²) in [6.07, 6.45) is 8.00. The summed E-state index contributed by atoms with van der Waals surface area (Å²) in [6, 6.07) is 0. The van der Waals surface area contributed by atoms with Crippen LogP contribution < -0.4 is 10.6 Å². The van der Waals surface area contributed by atoms with Crippen molar-refractivity contribution < 1.29 is 14.4 Å². The van der Waals surface area contributed by atoms with E-state index >= 15 is 0 Å². The fourth-order valence-electron chi connectivity index (χ4n) is 2.96. The zero-order chi connectivity index (χ0) is 16.5. The standard InChI is InChI=1S/C17H29N3O3/c21-15(19-13-14-5-4-6-14)8-10-18-16(22)9-12-20-11-3-1-2-7-17(20)23/h14H,1-13H2,(H,18,22)(H,19,21). The molecule has 0 spiro atoms. The van der Waals surface area contributed by atoms with Crippen molar-refractivity contribution in [3.05, 3.63) is 0 Å². The van der Waals surface area contributed by atoms with E-state index in [2.05, 4.69) is 10.6 Å². The van der Waals surface area contributed by atoms with Gasteiger partial charge in [0.15, 0.2) is 0 Å². The Kier molecular flexibility index (Phi) is 7.36. The smallest absolute Gasteiger partial charge is 0.222 e. The predicted molar refractivity (Wildman–Crippen MR) is 87.6 cm³/mol. The van der Waals surface area contributed by atoms with E-state index in [0.29, 0.717) is 38.3 Å². The Morgan fingerprint density at radius 1 is 1.00 bits per heavy atom. The van der Waals surface area contributed by atoms with Gasteiger partial charge in [-0.15, -0.1) is 0 Å². The number of likely N-dealkylation sites (tertiary alicyclic amines) is 1. The number of carbonyl (C=O) groups excluding carboxylic acids is 3. The average Bonchev–Trinajstić information content (AvgIpc) is 2.68. The summed E-state index contributed by atoms with van der Waals surface area (Å²) in [4.78, 5) is 37.1. The van der Waals surface area contributed by atoms with Gasteiger partial charge in [0.1, 0.15) is 0 Å². The minimum atomic E-state index is -0.0890. The van der Waals surface area contributed by atoms with E-state index in [1.165, 1.54) is 19.3 Å². The molecule has 23 heavy (non-hydrogen) atoms. The quantitative estimate of drug-likeness (QED) is 0.704. The summed E-state index contributed by atoms with van der Waals surface area (Å²) >= 11 is 0. The van der Waals surface area contributed by atoms with E-state index in [1.807, 2.05) is 0 Å². The number of carbonyl (C=O) groups is 3. The van der Waals surface area contributed by atoms with Gasteiger partial charge in [0, 0.05) is 45.4 Å². The molecule has 2 aliphatic rings.